The molecule has 0 fully saturated rings. The number of halogens is 1. The lowest BCUT2D eigenvalue weighted by Gasteiger charge is -2.20. The Morgan fingerprint density at radius 2 is 2.00 bits per heavy atom. The molecule has 0 unspecified atom stereocenters. The number of benzene rings is 2. The number of nitrogens with one attached hydrogen (secondary N) is 1. The quantitative estimate of drug-likeness (QED) is 0.887. The molecule has 0 radical (unpaired) electrons. The van der Waals surface area contributed by atoms with Crippen LogP contribution in [0.15, 0.2) is 40.9 Å². The molecule has 0 spiro atoms. The van der Waals surface area contributed by atoms with Crippen molar-refractivity contribution in [2.45, 2.75) is 20.0 Å². The van der Waals surface area contributed by atoms with Gasteiger partial charge in [-0.25, -0.2) is 0 Å². The Balaban J connectivity index is 1.95. The van der Waals surface area contributed by atoms with Crippen molar-refractivity contribution in [3.05, 3.63) is 57.6 Å². The van der Waals surface area contributed by atoms with Crippen LogP contribution in [0.2, 0.25) is 0 Å². The third-order valence-electron chi connectivity index (χ3n) is 3.75. The topological polar surface area (TPSA) is 15.3 Å². The van der Waals surface area contributed by atoms with Gasteiger partial charge < -0.3 is 10.2 Å². The minimum Gasteiger partial charge on any atom is -0.388 e. The zero-order chi connectivity index (χ0) is 13.4. The number of rotatable bonds is 2. The Labute approximate surface area is 122 Å². The fourth-order valence-corrected chi connectivity index (χ4v) is 3.28. The van der Waals surface area contributed by atoms with Gasteiger partial charge >= 0.3 is 0 Å². The maximum Gasteiger partial charge on any atom is 0.0457 e. The van der Waals surface area contributed by atoms with E-state index in [0.717, 1.165) is 17.6 Å². The monoisotopic (exact) mass is 316 g/mol. The molecule has 2 aromatic rings. The first-order chi connectivity index (χ1) is 9.19. The highest BCUT2D eigenvalue weighted by atomic mass is 79.9. The molecule has 0 saturated heterocycles. The number of anilines is 2. The summed E-state index contributed by atoms with van der Waals surface area (Å²) < 4.78 is 1.14. The smallest absolute Gasteiger partial charge is 0.0457 e. The number of hydrogen-bond acceptors (Lipinski definition) is 2. The van der Waals surface area contributed by atoms with Gasteiger partial charge in [-0.2, -0.15) is 0 Å². The average Bonchev–Trinajstić information content (AvgIpc) is 2.81. The predicted octanol–water partition coefficient (Wildman–Crippen LogP) is 4.32. The minimum atomic E-state index is 0.981. The molecule has 1 aliphatic heterocycles. The Kier molecular flexibility index (Phi) is 3.23. The van der Waals surface area contributed by atoms with Crippen LogP contribution in [0.4, 0.5) is 11.4 Å². The maximum atomic E-state index is 3.53. The molecule has 0 aliphatic carbocycles. The Morgan fingerprint density at radius 1 is 1.16 bits per heavy atom. The van der Waals surface area contributed by atoms with Crippen molar-refractivity contribution in [1.82, 2.24) is 0 Å². The average molecular weight is 317 g/mol. The van der Waals surface area contributed by atoms with Gasteiger partial charge in [-0.15, -0.1) is 0 Å². The lowest BCUT2D eigenvalue weighted by molar-refractivity contribution is 0.875. The van der Waals surface area contributed by atoms with E-state index in [1.807, 2.05) is 7.05 Å². The summed E-state index contributed by atoms with van der Waals surface area (Å²) in [6.45, 7) is 4.14. The molecular formula is C16H17BrN2. The van der Waals surface area contributed by atoms with Crippen LogP contribution in [0.25, 0.3) is 0 Å². The van der Waals surface area contributed by atoms with Crippen LogP contribution < -0.4 is 10.2 Å². The molecule has 19 heavy (non-hydrogen) atoms. The molecule has 98 valence electrons. The van der Waals surface area contributed by atoms with Crippen LogP contribution in [0.3, 0.4) is 0 Å². The molecule has 3 heteroatoms. The molecule has 0 aromatic heterocycles. The highest BCUT2D eigenvalue weighted by molar-refractivity contribution is 9.10. The molecule has 0 bridgehead atoms. The van der Waals surface area contributed by atoms with Crippen LogP contribution in [0.5, 0.6) is 0 Å². The van der Waals surface area contributed by atoms with Gasteiger partial charge in [0.2, 0.25) is 0 Å². The van der Waals surface area contributed by atoms with Crippen molar-refractivity contribution >= 4 is 27.3 Å². The van der Waals surface area contributed by atoms with Gasteiger partial charge in [-0.1, -0.05) is 28.1 Å². The summed E-state index contributed by atoms with van der Waals surface area (Å²) >= 11 is 3.53. The normalized spacial score (nSPS) is 13.5. The van der Waals surface area contributed by atoms with Crippen molar-refractivity contribution in [3.8, 4) is 0 Å². The number of fused-ring (bicyclic) bond motifs is 1. The second kappa shape index (κ2) is 4.89. The maximum absolute atomic E-state index is 3.53. The third kappa shape index (κ3) is 2.23. The van der Waals surface area contributed by atoms with E-state index in [1.54, 1.807) is 0 Å². The largest absolute Gasteiger partial charge is 0.388 e. The molecule has 1 aliphatic rings. The standard InChI is InChI=1S/C16H17BrN2/c1-11-8-13(17)6-7-16(11)19-9-12-4-3-5-15(18-2)14(12)10-19/h3-8,18H,9-10H2,1-2H3. The van der Waals surface area contributed by atoms with E-state index in [0.29, 0.717) is 0 Å². The molecule has 3 rings (SSSR count). The van der Waals surface area contributed by atoms with Crippen molar-refractivity contribution < 1.29 is 0 Å². The SMILES string of the molecule is CNc1cccc2c1CN(c1ccc(Br)cc1C)C2. The molecule has 2 nitrogen and oxygen atoms in total. The van der Waals surface area contributed by atoms with Crippen LogP contribution in [0.1, 0.15) is 16.7 Å². The lowest BCUT2D eigenvalue weighted by atomic mass is 10.1. The second-order valence-electron chi connectivity index (χ2n) is 4.98. The fraction of sp³-hybridized carbons (Fsp3) is 0.250. The van der Waals surface area contributed by atoms with Gasteiger partial charge in [-0.3, -0.25) is 0 Å². The molecule has 2 aromatic carbocycles. The van der Waals surface area contributed by atoms with Gasteiger partial charge in [0.1, 0.15) is 0 Å². The summed E-state index contributed by atoms with van der Waals surface area (Å²) in [5, 5.41) is 3.29. The van der Waals surface area contributed by atoms with E-state index in [9.17, 15) is 0 Å². The highest BCUT2D eigenvalue weighted by Crippen LogP contribution is 2.34. The first-order valence-corrected chi connectivity index (χ1v) is 7.28. The molecule has 0 amide bonds. The zero-order valence-electron chi connectivity index (χ0n) is 11.2. The first kappa shape index (κ1) is 12.5. The van der Waals surface area contributed by atoms with Crippen LogP contribution in [-0.4, -0.2) is 7.05 Å². The van der Waals surface area contributed by atoms with Gasteiger partial charge in [-0.05, 0) is 47.9 Å². The van der Waals surface area contributed by atoms with Crippen LogP contribution >= 0.6 is 15.9 Å². The predicted molar refractivity (Wildman–Crippen MR) is 84.8 cm³/mol. The van der Waals surface area contributed by atoms with Crippen molar-refractivity contribution in [1.29, 1.82) is 0 Å². The summed E-state index contributed by atoms with van der Waals surface area (Å²) in [5.74, 6) is 0. The number of aryl methyl sites for hydroxylation is 1. The van der Waals surface area contributed by atoms with Crippen LogP contribution in [-0.2, 0) is 13.1 Å². The van der Waals surface area contributed by atoms with E-state index in [1.165, 1.54) is 28.1 Å². The third-order valence-corrected chi connectivity index (χ3v) is 4.25. The zero-order valence-corrected chi connectivity index (χ0v) is 12.8. The van der Waals surface area contributed by atoms with Gasteiger partial charge in [0.05, 0.1) is 0 Å². The summed E-state index contributed by atoms with van der Waals surface area (Å²) in [6.07, 6.45) is 0. The highest BCUT2D eigenvalue weighted by Gasteiger charge is 2.22. The van der Waals surface area contributed by atoms with Crippen LogP contribution in [0, 0.1) is 6.92 Å². The van der Waals surface area contributed by atoms with Crippen molar-refractivity contribution in [2.75, 3.05) is 17.3 Å². The Morgan fingerprint density at radius 3 is 2.74 bits per heavy atom. The molecular weight excluding hydrogens is 300 g/mol. The molecule has 1 N–H and O–H groups in total. The van der Waals surface area contributed by atoms with Gasteiger partial charge in [0.25, 0.3) is 0 Å². The lowest BCUT2D eigenvalue weighted by Crippen LogP contribution is -2.15. The Hall–Kier alpha value is -1.48. The van der Waals surface area contributed by atoms with E-state index in [-0.39, 0.29) is 0 Å². The summed E-state index contributed by atoms with van der Waals surface area (Å²) in [6, 6.07) is 13.0. The second-order valence-corrected chi connectivity index (χ2v) is 5.90. The minimum absolute atomic E-state index is 0.981. The molecule has 1 heterocycles. The van der Waals surface area contributed by atoms with Gasteiger partial charge in [0, 0.05) is 36.0 Å². The summed E-state index contributed by atoms with van der Waals surface area (Å²) in [5.41, 5.74) is 6.73. The number of nitrogens with zero attached hydrogens (tertiary/aromatic N) is 1. The van der Waals surface area contributed by atoms with E-state index in [4.69, 9.17) is 0 Å². The molecule has 0 atom stereocenters. The first-order valence-electron chi connectivity index (χ1n) is 6.48. The van der Waals surface area contributed by atoms with E-state index < -0.39 is 0 Å². The fourth-order valence-electron chi connectivity index (χ4n) is 2.80. The van der Waals surface area contributed by atoms with Gasteiger partial charge in [0.15, 0.2) is 0 Å². The molecule has 0 saturated carbocycles. The van der Waals surface area contributed by atoms with Crippen molar-refractivity contribution in [2.24, 2.45) is 0 Å². The van der Waals surface area contributed by atoms with Crippen molar-refractivity contribution in [3.63, 3.8) is 0 Å². The summed E-state index contributed by atoms with van der Waals surface area (Å²) in [7, 11) is 1.99. The Bertz CT molecular complexity index is 622. The summed E-state index contributed by atoms with van der Waals surface area (Å²) in [4.78, 5) is 2.44. The van der Waals surface area contributed by atoms with E-state index in [2.05, 4.69) is 69.5 Å². The number of hydrogen-bond donors (Lipinski definition) is 1. The van der Waals surface area contributed by atoms with E-state index >= 15 is 0 Å².